The minimum atomic E-state index is -4.24. The molecule has 1 N–H and O–H groups in total. The molecule has 11 heteroatoms. The van der Waals surface area contributed by atoms with Crippen molar-refractivity contribution in [1.82, 2.24) is 10.2 Å². The van der Waals surface area contributed by atoms with E-state index in [1.54, 1.807) is 54.6 Å². The van der Waals surface area contributed by atoms with Crippen LogP contribution in [0.15, 0.2) is 108 Å². The first-order valence-corrected chi connectivity index (χ1v) is 15.5. The van der Waals surface area contributed by atoms with Crippen molar-refractivity contribution in [3.63, 3.8) is 0 Å². The Balaban J connectivity index is 1.81. The minimum absolute atomic E-state index is 0.0165. The highest BCUT2D eigenvalue weighted by molar-refractivity contribution is 7.92. The number of nitrogens with one attached hydrogen (secondary N) is 1. The van der Waals surface area contributed by atoms with Crippen molar-refractivity contribution in [3.05, 3.63) is 129 Å². The van der Waals surface area contributed by atoms with E-state index in [0.29, 0.717) is 15.6 Å². The number of likely N-dealkylation sites (N-methyl/N-ethyl adjacent to an activating group) is 1. The van der Waals surface area contributed by atoms with E-state index in [4.69, 9.17) is 34.8 Å². The number of hydrogen-bond acceptors (Lipinski definition) is 4. The Morgan fingerprint density at radius 1 is 0.810 bits per heavy atom. The summed E-state index contributed by atoms with van der Waals surface area (Å²) in [5, 5.41) is 3.49. The number of hydrogen-bond donors (Lipinski definition) is 1. The molecule has 0 radical (unpaired) electrons. The molecule has 1 unspecified atom stereocenters. The average molecular weight is 645 g/mol. The molecule has 0 aliphatic rings. The first-order valence-electron chi connectivity index (χ1n) is 12.9. The quantitative estimate of drug-likeness (QED) is 0.210. The highest BCUT2D eigenvalue weighted by Crippen LogP contribution is 2.31. The van der Waals surface area contributed by atoms with Gasteiger partial charge in [-0.2, -0.15) is 0 Å². The largest absolute Gasteiger partial charge is 0.357 e. The lowest BCUT2D eigenvalue weighted by Gasteiger charge is -2.34. The number of benzene rings is 4. The number of sulfonamides is 1. The van der Waals surface area contributed by atoms with Gasteiger partial charge in [-0.05, 0) is 47.5 Å². The number of carbonyl (C=O) groups is 2. The van der Waals surface area contributed by atoms with Crippen molar-refractivity contribution >= 4 is 62.3 Å². The van der Waals surface area contributed by atoms with Crippen LogP contribution in [0.1, 0.15) is 11.1 Å². The number of anilines is 1. The van der Waals surface area contributed by atoms with Crippen LogP contribution < -0.4 is 9.62 Å². The second-order valence-corrected chi connectivity index (χ2v) is 12.5. The lowest BCUT2D eigenvalue weighted by atomic mass is 10.0. The second-order valence-electron chi connectivity index (χ2n) is 9.35. The molecule has 4 rings (SSSR count). The topological polar surface area (TPSA) is 86.8 Å². The van der Waals surface area contributed by atoms with E-state index < -0.39 is 34.4 Å². The van der Waals surface area contributed by atoms with E-state index in [9.17, 15) is 18.0 Å². The van der Waals surface area contributed by atoms with E-state index in [1.807, 2.05) is 30.3 Å². The summed E-state index contributed by atoms with van der Waals surface area (Å²) in [7, 11) is -2.76. The maximum absolute atomic E-state index is 14.3. The fourth-order valence-corrected chi connectivity index (χ4v) is 6.65. The molecule has 0 aliphatic carbocycles. The van der Waals surface area contributed by atoms with Gasteiger partial charge in [-0.25, -0.2) is 8.42 Å². The fraction of sp³-hybridized carbons (Fsp3) is 0.161. The number of rotatable bonds is 11. The fourth-order valence-electron chi connectivity index (χ4n) is 4.44. The monoisotopic (exact) mass is 643 g/mol. The van der Waals surface area contributed by atoms with Crippen molar-refractivity contribution in [2.24, 2.45) is 0 Å². The Kier molecular flexibility index (Phi) is 10.5. The molecule has 4 aromatic rings. The van der Waals surface area contributed by atoms with Gasteiger partial charge in [0, 0.05) is 30.1 Å². The minimum Gasteiger partial charge on any atom is -0.357 e. The number of para-hydroxylation sites is 1. The van der Waals surface area contributed by atoms with E-state index in [0.717, 1.165) is 9.87 Å². The summed E-state index contributed by atoms with van der Waals surface area (Å²) in [4.78, 5) is 28.9. The summed E-state index contributed by atoms with van der Waals surface area (Å²) in [6.07, 6.45) is 0.176. The molecule has 2 amide bonds. The third-order valence-electron chi connectivity index (χ3n) is 6.60. The predicted molar refractivity (Wildman–Crippen MR) is 167 cm³/mol. The molecular weight excluding hydrogens is 617 g/mol. The van der Waals surface area contributed by atoms with E-state index >= 15 is 0 Å². The van der Waals surface area contributed by atoms with Gasteiger partial charge in [-0.1, -0.05) is 102 Å². The third kappa shape index (κ3) is 7.44. The van der Waals surface area contributed by atoms with Crippen LogP contribution in [0, 0.1) is 0 Å². The number of amides is 2. The molecule has 0 aromatic heterocycles. The molecule has 1 atom stereocenters. The van der Waals surface area contributed by atoms with Crippen LogP contribution in [0.25, 0.3) is 0 Å². The van der Waals surface area contributed by atoms with Gasteiger partial charge in [0.25, 0.3) is 10.0 Å². The Morgan fingerprint density at radius 2 is 1.43 bits per heavy atom. The van der Waals surface area contributed by atoms with Crippen LogP contribution in [0.3, 0.4) is 0 Å². The van der Waals surface area contributed by atoms with Crippen LogP contribution >= 0.6 is 34.8 Å². The van der Waals surface area contributed by atoms with Gasteiger partial charge in [0.05, 0.1) is 15.6 Å². The van der Waals surface area contributed by atoms with Gasteiger partial charge in [-0.3, -0.25) is 13.9 Å². The normalized spacial score (nSPS) is 11.9. The molecule has 4 aromatic carbocycles. The molecule has 42 heavy (non-hydrogen) atoms. The Labute approximate surface area is 260 Å². The molecule has 218 valence electrons. The average Bonchev–Trinajstić information content (AvgIpc) is 2.99. The van der Waals surface area contributed by atoms with Crippen molar-refractivity contribution in [2.45, 2.75) is 23.9 Å². The molecule has 7 nitrogen and oxygen atoms in total. The molecular formula is C31H28Cl3N3O4S. The maximum Gasteiger partial charge on any atom is 0.264 e. The van der Waals surface area contributed by atoms with Gasteiger partial charge >= 0.3 is 0 Å². The lowest BCUT2D eigenvalue weighted by Crippen LogP contribution is -2.53. The molecule has 0 fully saturated rings. The van der Waals surface area contributed by atoms with Gasteiger partial charge < -0.3 is 10.2 Å². The van der Waals surface area contributed by atoms with Gasteiger partial charge in [-0.15, -0.1) is 0 Å². The molecule has 0 aliphatic heterocycles. The van der Waals surface area contributed by atoms with Crippen molar-refractivity contribution in [3.8, 4) is 0 Å². The van der Waals surface area contributed by atoms with Crippen LogP contribution in [0.4, 0.5) is 5.69 Å². The predicted octanol–water partition coefficient (Wildman–Crippen LogP) is 6.23. The van der Waals surface area contributed by atoms with Crippen LogP contribution in [-0.4, -0.2) is 44.8 Å². The van der Waals surface area contributed by atoms with E-state index in [1.165, 1.54) is 30.1 Å². The summed E-state index contributed by atoms with van der Waals surface area (Å²) in [6.45, 7) is -0.712. The zero-order valence-corrected chi connectivity index (χ0v) is 25.7. The standard InChI is InChI=1S/C31H28Cl3N3O4S/c1-35-31(39)29(18-22-10-4-2-5-11-22)36(20-23-16-17-24(32)19-27(23)34)30(38)21-37(28-15-9-8-14-26(28)33)42(40,41)25-12-6-3-7-13-25/h2-17,19,29H,18,20-21H2,1H3,(H,35,39). The van der Waals surface area contributed by atoms with Crippen LogP contribution in [0.5, 0.6) is 0 Å². The Morgan fingerprint density at radius 3 is 2.05 bits per heavy atom. The second kappa shape index (κ2) is 14.1. The SMILES string of the molecule is CNC(=O)C(Cc1ccccc1)N(Cc1ccc(Cl)cc1Cl)C(=O)CN(c1ccccc1Cl)S(=O)(=O)c1ccccc1. The summed E-state index contributed by atoms with van der Waals surface area (Å²) in [6, 6.07) is 27.2. The number of carbonyl (C=O) groups excluding carboxylic acids is 2. The molecule has 0 spiro atoms. The third-order valence-corrected chi connectivity index (χ3v) is 9.29. The summed E-state index contributed by atoms with van der Waals surface area (Å²) in [5.74, 6) is -1.06. The first-order chi connectivity index (χ1) is 20.1. The molecule has 0 saturated heterocycles. The van der Waals surface area contributed by atoms with Crippen LogP contribution in [-0.2, 0) is 32.6 Å². The van der Waals surface area contributed by atoms with E-state index in [-0.39, 0.29) is 28.6 Å². The Hall–Kier alpha value is -3.56. The van der Waals surface area contributed by atoms with Crippen molar-refractivity contribution < 1.29 is 18.0 Å². The molecule has 0 saturated carbocycles. The smallest absolute Gasteiger partial charge is 0.264 e. The van der Waals surface area contributed by atoms with Gasteiger partial charge in [0.1, 0.15) is 12.6 Å². The zero-order valence-electron chi connectivity index (χ0n) is 22.6. The maximum atomic E-state index is 14.3. The number of nitrogens with zero attached hydrogens (tertiary/aromatic N) is 2. The highest BCUT2D eigenvalue weighted by Gasteiger charge is 2.35. The lowest BCUT2D eigenvalue weighted by molar-refractivity contribution is -0.139. The van der Waals surface area contributed by atoms with Crippen molar-refractivity contribution in [1.29, 1.82) is 0 Å². The summed E-state index contributed by atoms with van der Waals surface area (Å²) < 4.78 is 28.8. The number of halogens is 3. The first kappa shape index (κ1) is 31.4. The van der Waals surface area contributed by atoms with Crippen LogP contribution in [0.2, 0.25) is 15.1 Å². The molecule has 0 bridgehead atoms. The van der Waals surface area contributed by atoms with Crippen molar-refractivity contribution in [2.75, 3.05) is 17.9 Å². The zero-order chi connectivity index (χ0) is 30.3. The summed E-state index contributed by atoms with van der Waals surface area (Å²) >= 11 is 19.0. The molecule has 0 heterocycles. The Bertz CT molecular complexity index is 1650. The van der Waals surface area contributed by atoms with Gasteiger partial charge in [0.15, 0.2) is 0 Å². The van der Waals surface area contributed by atoms with Gasteiger partial charge in [0.2, 0.25) is 11.8 Å². The highest BCUT2D eigenvalue weighted by atomic mass is 35.5. The van der Waals surface area contributed by atoms with E-state index in [2.05, 4.69) is 5.32 Å². The summed E-state index contributed by atoms with van der Waals surface area (Å²) in [5.41, 5.74) is 1.47.